The number of benzene rings is 1. The van der Waals surface area contributed by atoms with E-state index in [0.29, 0.717) is 17.5 Å². The van der Waals surface area contributed by atoms with Gasteiger partial charge in [0.1, 0.15) is 5.82 Å². The first kappa shape index (κ1) is 13.5. The zero-order valence-corrected chi connectivity index (χ0v) is 11.2. The second-order valence-corrected chi connectivity index (χ2v) is 5.49. The lowest BCUT2D eigenvalue weighted by Gasteiger charge is -2.37. The SMILES string of the molecule is Cc1ccc(CN2CC(CO)CCC2C)cc1F. The summed E-state index contributed by atoms with van der Waals surface area (Å²) in [5, 5.41) is 9.25. The number of aryl methyl sites for hydroxylation is 1. The molecule has 1 saturated heterocycles. The van der Waals surface area contributed by atoms with Crippen LogP contribution in [0.3, 0.4) is 0 Å². The fourth-order valence-electron chi connectivity index (χ4n) is 2.60. The van der Waals surface area contributed by atoms with E-state index in [1.807, 2.05) is 12.1 Å². The third-order valence-corrected chi connectivity index (χ3v) is 3.99. The van der Waals surface area contributed by atoms with E-state index in [1.165, 1.54) is 0 Å². The van der Waals surface area contributed by atoms with E-state index in [9.17, 15) is 9.50 Å². The van der Waals surface area contributed by atoms with Crippen molar-refractivity contribution in [2.75, 3.05) is 13.2 Å². The first-order valence-corrected chi connectivity index (χ1v) is 6.70. The van der Waals surface area contributed by atoms with E-state index >= 15 is 0 Å². The second kappa shape index (κ2) is 5.81. The zero-order chi connectivity index (χ0) is 13.1. The zero-order valence-electron chi connectivity index (χ0n) is 11.2. The van der Waals surface area contributed by atoms with Crippen molar-refractivity contribution in [3.05, 3.63) is 35.1 Å². The molecule has 18 heavy (non-hydrogen) atoms. The van der Waals surface area contributed by atoms with Crippen LogP contribution in [0.1, 0.15) is 30.9 Å². The summed E-state index contributed by atoms with van der Waals surface area (Å²) >= 11 is 0. The average molecular weight is 251 g/mol. The van der Waals surface area contributed by atoms with Crippen molar-refractivity contribution in [3.8, 4) is 0 Å². The largest absolute Gasteiger partial charge is 0.396 e. The maximum atomic E-state index is 13.5. The Morgan fingerprint density at radius 3 is 2.83 bits per heavy atom. The maximum absolute atomic E-state index is 13.5. The van der Waals surface area contributed by atoms with E-state index in [2.05, 4.69) is 11.8 Å². The number of aliphatic hydroxyl groups excluding tert-OH is 1. The summed E-state index contributed by atoms with van der Waals surface area (Å²) in [6, 6.07) is 5.97. The van der Waals surface area contributed by atoms with Gasteiger partial charge in [-0.05, 0) is 49.8 Å². The van der Waals surface area contributed by atoms with Gasteiger partial charge in [-0.25, -0.2) is 4.39 Å². The Morgan fingerprint density at radius 1 is 1.39 bits per heavy atom. The molecular weight excluding hydrogens is 229 g/mol. The van der Waals surface area contributed by atoms with Crippen LogP contribution in [-0.4, -0.2) is 29.2 Å². The van der Waals surface area contributed by atoms with E-state index in [-0.39, 0.29) is 12.4 Å². The van der Waals surface area contributed by atoms with Crippen LogP contribution in [0, 0.1) is 18.7 Å². The third kappa shape index (κ3) is 3.09. The van der Waals surface area contributed by atoms with E-state index in [0.717, 1.165) is 31.5 Å². The van der Waals surface area contributed by atoms with Gasteiger partial charge in [-0.2, -0.15) is 0 Å². The first-order chi connectivity index (χ1) is 8.60. The van der Waals surface area contributed by atoms with Crippen molar-refractivity contribution in [1.29, 1.82) is 0 Å². The van der Waals surface area contributed by atoms with Crippen LogP contribution in [0.5, 0.6) is 0 Å². The molecule has 1 N–H and O–H groups in total. The van der Waals surface area contributed by atoms with Crippen LogP contribution in [-0.2, 0) is 6.54 Å². The Hall–Kier alpha value is -0.930. The molecule has 1 heterocycles. The van der Waals surface area contributed by atoms with E-state index < -0.39 is 0 Å². The van der Waals surface area contributed by atoms with Crippen molar-refractivity contribution in [2.24, 2.45) is 5.92 Å². The molecule has 2 nitrogen and oxygen atoms in total. The molecule has 1 aliphatic rings. The molecule has 1 fully saturated rings. The summed E-state index contributed by atoms with van der Waals surface area (Å²) in [4.78, 5) is 2.34. The van der Waals surface area contributed by atoms with Gasteiger partial charge in [0, 0.05) is 25.7 Å². The number of hydrogen-bond acceptors (Lipinski definition) is 2. The van der Waals surface area contributed by atoms with Gasteiger partial charge in [0.05, 0.1) is 0 Å². The summed E-state index contributed by atoms with van der Waals surface area (Å²) in [7, 11) is 0. The highest BCUT2D eigenvalue weighted by Gasteiger charge is 2.24. The predicted molar refractivity (Wildman–Crippen MR) is 70.8 cm³/mol. The molecular formula is C15H22FNO. The summed E-state index contributed by atoms with van der Waals surface area (Å²) in [6.07, 6.45) is 2.20. The molecule has 2 rings (SSSR count). The Kier molecular flexibility index (Phi) is 4.36. The van der Waals surface area contributed by atoms with E-state index in [1.54, 1.807) is 13.0 Å². The first-order valence-electron chi connectivity index (χ1n) is 6.70. The average Bonchev–Trinajstić information content (AvgIpc) is 2.36. The topological polar surface area (TPSA) is 23.5 Å². The van der Waals surface area contributed by atoms with Crippen molar-refractivity contribution in [2.45, 2.75) is 39.3 Å². The van der Waals surface area contributed by atoms with Gasteiger partial charge in [-0.15, -0.1) is 0 Å². The lowest BCUT2D eigenvalue weighted by atomic mass is 9.93. The molecule has 0 amide bonds. The third-order valence-electron chi connectivity index (χ3n) is 3.99. The number of nitrogens with zero attached hydrogens (tertiary/aromatic N) is 1. The quantitative estimate of drug-likeness (QED) is 0.893. The minimum atomic E-state index is -0.129. The van der Waals surface area contributed by atoms with Gasteiger partial charge in [0.2, 0.25) is 0 Å². The molecule has 0 saturated carbocycles. The van der Waals surface area contributed by atoms with Crippen LogP contribution >= 0.6 is 0 Å². The minimum absolute atomic E-state index is 0.129. The normalized spacial score (nSPS) is 25.3. The van der Waals surface area contributed by atoms with Gasteiger partial charge in [0.25, 0.3) is 0 Å². The Labute approximate surface area is 108 Å². The van der Waals surface area contributed by atoms with Crippen molar-refractivity contribution in [3.63, 3.8) is 0 Å². The lowest BCUT2D eigenvalue weighted by molar-refractivity contribution is 0.0771. The fraction of sp³-hybridized carbons (Fsp3) is 0.600. The van der Waals surface area contributed by atoms with E-state index in [4.69, 9.17) is 0 Å². The Bertz CT molecular complexity index is 407. The Balaban J connectivity index is 2.04. The number of halogens is 1. The monoisotopic (exact) mass is 251 g/mol. The molecule has 0 aromatic heterocycles. The summed E-state index contributed by atoms with van der Waals surface area (Å²) in [5.41, 5.74) is 1.71. The number of rotatable bonds is 3. The number of likely N-dealkylation sites (tertiary alicyclic amines) is 1. The molecule has 3 heteroatoms. The van der Waals surface area contributed by atoms with Gasteiger partial charge in [-0.3, -0.25) is 4.90 Å². The fourth-order valence-corrected chi connectivity index (χ4v) is 2.60. The number of aliphatic hydroxyl groups is 1. The Morgan fingerprint density at radius 2 is 2.17 bits per heavy atom. The van der Waals surface area contributed by atoms with Gasteiger partial charge >= 0.3 is 0 Å². The molecule has 0 radical (unpaired) electrons. The molecule has 0 aliphatic carbocycles. The summed E-state index contributed by atoms with van der Waals surface area (Å²) in [6.45, 7) is 5.93. The standard InChI is InChI=1S/C15H22FNO/c1-11-3-5-13(7-15(11)16)8-17-9-14(10-18)6-4-12(17)2/h3,5,7,12,14,18H,4,6,8-10H2,1-2H3. The van der Waals surface area contributed by atoms with Crippen molar-refractivity contribution >= 4 is 0 Å². The lowest BCUT2D eigenvalue weighted by Crippen LogP contribution is -2.42. The highest BCUT2D eigenvalue weighted by molar-refractivity contribution is 5.23. The van der Waals surface area contributed by atoms with Crippen molar-refractivity contribution < 1.29 is 9.50 Å². The molecule has 0 spiro atoms. The highest BCUT2D eigenvalue weighted by atomic mass is 19.1. The van der Waals surface area contributed by atoms with Crippen LogP contribution in [0.25, 0.3) is 0 Å². The number of hydrogen-bond donors (Lipinski definition) is 1. The van der Waals surface area contributed by atoms with Crippen LogP contribution in [0.2, 0.25) is 0 Å². The second-order valence-electron chi connectivity index (χ2n) is 5.49. The molecule has 0 bridgehead atoms. The maximum Gasteiger partial charge on any atom is 0.126 e. The van der Waals surface area contributed by atoms with Gasteiger partial charge in [-0.1, -0.05) is 12.1 Å². The van der Waals surface area contributed by atoms with Crippen LogP contribution in [0.4, 0.5) is 4.39 Å². The molecule has 1 aromatic rings. The summed E-state index contributed by atoms with van der Waals surface area (Å²) < 4.78 is 13.5. The smallest absolute Gasteiger partial charge is 0.126 e. The minimum Gasteiger partial charge on any atom is -0.396 e. The highest BCUT2D eigenvalue weighted by Crippen LogP contribution is 2.23. The predicted octanol–water partition coefficient (Wildman–Crippen LogP) is 2.73. The summed E-state index contributed by atoms with van der Waals surface area (Å²) in [5.74, 6) is 0.243. The molecule has 1 aliphatic heterocycles. The molecule has 2 unspecified atom stereocenters. The molecule has 2 atom stereocenters. The van der Waals surface area contributed by atoms with Crippen LogP contribution in [0.15, 0.2) is 18.2 Å². The molecule has 1 aromatic carbocycles. The molecule has 100 valence electrons. The van der Waals surface area contributed by atoms with Crippen LogP contribution < -0.4 is 0 Å². The van der Waals surface area contributed by atoms with Gasteiger partial charge < -0.3 is 5.11 Å². The number of piperidine rings is 1. The van der Waals surface area contributed by atoms with Crippen molar-refractivity contribution in [1.82, 2.24) is 4.90 Å². The van der Waals surface area contributed by atoms with Gasteiger partial charge in [0.15, 0.2) is 0 Å².